The maximum Gasteiger partial charge on any atom is 0.338 e. The second-order valence-corrected chi connectivity index (χ2v) is 11.2. The maximum atomic E-state index is 14.1. The SMILES string of the molecule is CCOC(=O)C1=C(C)N=c2s/c(=C/c3cccc(OCc4ccc([N+](=O)[O-])cc4)c3)c(=O)n2[C@@H]1c1cccc2ccccc12. The summed E-state index contributed by atoms with van der Waals surface area (Å²) >= 11 is 1.26. The molecule has 0 spiro atoms. The monoisotopic (exact) mass is 605 g/mol. The fourth-order valence-electron chi connectivity index (χ4n) is 5.30. The van der Waals surface area contributed by atoms with E-state index in [2.05, 4.69) is 4.99 Å². The van der Waals surface area contributed by atoms with Crippen LogP contribution in [0.5, 0.6) is 5.75 Å². The molecular formula is C34H27N3O6S. The molecule has 6 rings (SSSR count). The van der Waals surface area contributed by atoms with E-state index in [0.717, 1.165) is 27.5 Å². The molecule has 0 N–H and O–H groups in total. The Bertz CT molecular complexity index is 2120. The number of carbonyl (C=O) groups excluding carboxylic acids is 1. The molecule has 1 atom stereocenters. The van der Waals surface area contributed by atoms with E-state index in [9.17, 15) is 19.7 Å². The predicted molar refractivity (Wildman–Crippen MR) is 168 cm³/mol. The molecule has 0 bridgehead atoms. The van der Waals surface area contributed by atoms with Gasteiger partial charge in [0.05, 0.1) is 33.4 Å². The molecule has 44 heavy (non-hydrogen) atoms. The van der Waals surface area contributed by atoms with Crippen molar-refractivity contribution in [3.8, 4) is 5.75 Å². The van der Waals surface area contributed by atoms with Crippen LogP contribution in [0.4, 0.5) is 5.69 Å². The second-order valence-electron chi connectivity index (χ2n) is 10.2. The molecule has 4 aromatic carbocycles. The molecule has 0 fully saturated rings. The number of carbonyl (C=O) groups is 1. The number of hydrogen-bond donors (Lipinski definition) is 0. The summed E-state index contributed by atoms with van der Waals surface area (Å²) in [4.78, 5) is 43.0. The summed E-state index contributed by atoms with van der Waals surface area (Å²) in [6.45, 7) is 3.95. The van der Waals surface area contributed by atoms with Crippen molar-refractivity contribution >= 4 is 39.8 Å². The van der Waals surface area contributed by atoms with E-state index in [-0.39, 0.29) is 24.5 Å². The van der Waals surface area contributed by atoms with Crippen molar-refractivity contribution in [1.29, 1.82) is 0 Å². The van der Waals surface area contributed by atoms with Crippen molar-refractivity contribution in [1.82, 2.24) is 4.57 Å². The molecule has 0 saturated carbocycles. The van der Waals surface area contributed by atoms with Crippen LogP contribution in [-0.4, -0.2) is 22.1 Å². The Morgan fingerprint density at radius 2 is 1.80 bits per heavy atom. The molecular weight excluding hydrogens is 578 g/mol. The van der Waals surface area contributed by atoms with Gasteiger partial charge in [0, 0.05) is 12.1 Å². The first kappa shape index (κ1) is 28.8. The standard InChI is InChI=1S/C34H27N3O6S/c1-3-42-33(39)30-21(2)35-34-36(31(30)28-13-7-10-24-9-4-5-12-27(24)28)32(38)29(44-34)19-23-8-6-11-26(18-23)43-20-22-14-16-25(17-15-22)37(40)41/h4-19,31H,3,20H2,1-2H3/b29-19+/t31-/m1/s1. The van der Waals surface area contributed by atoms with E-state index >= 15 is 0 Å². The van der Waals surface area contributed by atoms with Gasteiger partial charge in [-0.3, -0.25) is 19.5 Å². The highest BCUT2D eigenvalue weighted by Crippen LogP contribution is 2.34. The van der Waals surface area contributed by atoms with Gasteiger partial charge in [-0.1, -0.05) is 65.9 Å². The molecule has 0 aliphatic carbocycles. The van der Waals surface area contributed by atoms with Crippen molar-refractivity contribution < 1.29 is 19.2 Å². The van der Waals surface area contributed by atoms with E-state index in [1.807, 2.05) is 60.7 Å². The van der Waals surface area contributed by atoms with Gasteiger partial charge in [-0.2, -0.15) is 0 Å². The summed E-state index contributed by atoms with van der Waals surface area (Å²) in [6, 6.07) is 26.5. The first-order valence-electron chi connectivity index (χ1n) is 14.0. The number of nitrogens with zero attached hydrogens (tertiary/aromatic N) is 3. The largest absolute Gasteiger partial charge is 0.489 e. The van der Waals surface area contributed by atoms with Crippen LogP contribution in [0.2, 0.25) is 0 Å². The average Bonchev–Trinajstić information content (AvgIpc) is 3.33. The first-order valence-corrected chi connectivity index (χ1v) is 14.8. The van der Waals surface area contributed by atoms with Gasteiger partial charge in [0.2, 0.25) is 0 Å². The number of rotatable bonds is 8. The first-order chi connectivity index (χ1) is 21.3. The Morgan fingerprint density at radius 1 is 1.05 bits per heavy atom. The van der Waals surface area contributed by atoms with Gasteiger partial charge in [0.15, 0.2) is 4.80 Å². The number of fused-ring (bicyclic) bond motifs is 2. The number of esters is 1. The van der Waals surface area contributed by atoms with Crippen LogP contribution in [-0.2, 0) is 16.1 Å². The Balaban J connectivity index is 1.39. The molecule has 0 unspecified atom stereocenters. The van der Waals surface area contributed by atoms with Crippen LogP contribution in [0.15, 0.2) is 112 Å². The van der Waals surface area contributed by atoms with Crippen LogP contribution in [0.25, 0.3) is 16.8 Å². The molecule has 5 aromatic rings. The quantitative estimate of drug-likeness (QED) is 0.132. The summed E-state index contributed by atoms with van der Waals surface area (Å²) in [6.07, 6.45) is 1.78. The van der Waals surface area contributed by atoms with Crippen molar-refractivity contribution in [3.63, 3.8) is 0 Å². The van der Waals surface area contributed by atoms with Gasteiger partial charge in [0.1, 0.15) is 12.4 Å². The summed E-state index contributed by atoms with van der Waals surface area (Å²) in [7, 11) is 0. The minimum Gasteiger partial charge on any atom is -0.489 e. The Labute approximate surface area is 255 Å². The number of nitro benzene ring substituents is 1. The third-order valence-corrected chi connectivity index (χ3v) is 8.33. The highest BCUT2D eigenvalue weighted by Gasteiger charge is 2.34. The lowest BCUT2D eigenvalue weighted by Crippen LogP contribution is -2.40. The fraction of sp³-hybridized carbons (Fsp3) is 0.147. The average molecular weight is 606 g/mol. The third kappa shape index (κ3) is 5.55. The number of thiazole rings is 1. The number of aromatic nitrogens is 1. The Hall–Kier alpha value is -5.35. The Kier molecular flexibility index (Phi) is 7.91. The van der Waals surface area contributed by atoms with E-state index in [4.69, 9.17) is 9.47 Å². The fourth-order valence-corrected chi connectivity index (χ4v) is 6.35. The lowest BCUT2D eigenvalue weighted by atomic mass is 9.91. The minimum atomic E-state index is -0.713. The summed E-state index contributed by atoms with van der Waals surface area (Å²) in [5, 5.41) is 12.8. The van der Waals surface area contributed by atoms with Crippen LogP contribution in [0, 0.1) is 10.1 Å². The minimum absolute atomic E-state index is 0.0180. The maximum absolute atomic E-state index is 14.1. The van der Waals surface area contributed by atoms with E-state index in [1.165, 1.54) is 23.5 Å². The van der Waals surface area contributed by atoms with Gasteiger partial charge in [-0.25, -0.2) is 9.79 Å². The molecule has 2 heterocycles. The van der Waals surface area contributed by atoms with Gasteiger partial charge in [0.25, 0.3) is 11.2 Å². The summed E-state index contributed by atoms with van der Waals surface area (Å²) < 4.78 is 13.4. The predicted octanol–water partition coefficient (Wildman–Crippen LogP) is 5.44. The molecule has 0 radical (unpaired) electrons. The molecule has 10 heteroatoms. The molecule has 1 aliphatic heterocycles. The van der Waals surface area contributed by atoms with E-state index in [0.29, 0.717) is 26.4 Å². The van der Waals surface area contributed by atoms with Crippen LogP contribution < -0.4 is 19.6 Å². The van der Waals surface area contributed by atoms with Gasteiger partial charge >= 0.3 is 5.97 Å². The molecule has 0 amide bonds. The highest BCUT2D eigenvalue weighted by atomic mass is 32.1. The number of allylic oxidation sites excluding steroid dienone is 1. The Morgan fingerprint density at radius 3 is 2.57 bits per heavy atom. The summed E-state index contributed by atoms with van der Waals surface area (Å²) in [5.74, 6) is 0.0813. The summed E-state index contributed by atoms with van der Waals surface area (Å²) in [5.41, 5.74) is 2.95. The zero-order valence-electron chi connectivity index (χ0n) is 23.9. The van der Waals surface area contributed by atoms with Gasteiger partial charge in [-0.15, -0.1) is 0 Å². The third-order valence-electron chi connectivity index (χ3n) is 7.34. The van der Waals surface area contributed by atoms with Crippen LogP contribution in [0.1, 0.15) is 36.6 Å². The smallest absolute Gasteiger partial charge is 0.338 e. The normalized spacial score (nSPS) is 14.7. The lowest BCUT2D eigenvalue weighted by molar-refractivity contribution is -0.384. The number of nitro groups is 1. The number of benzene rings is 4. The lowest BCUT2D eigenvalue weighted by Gasteiger charge is -2.25. The highest BCUT2D eigenvalue weighted by molar-refractivity contribution is 7.07. The van der Waals surface area contributed by atoms with Crippen molar-refractivity contribution in [2.45, 2.75) is 26.5 Å². The van der Waals surface area contributed by atoms with Crippen LogP contribution in [0.3, 0.4) is 0 Å². The van der Waals surface area contributed by atoms with E-state index in [1.54, 1.807) is 42.7 Å². The van der Waals surface area contributed by atoms with E-state index < -0.39 is 16.9 Å². The molecule has 9 nitrogen and oxygen atoms in total. The number of hydrogen-bond acceptors (Lipinski definition) is 8. The number of ether oxygens (including phenoxy) is 2. The van der Waals surface area contributed by atoms with Crippen molar-refractivity contribution in [3.05, 3.63) is 149 Å². The van der Waals surface area contributed by atoms with Gasteiger partial charge < -0.3 is 9.47 Å². The molecule has 0 saturated heterocycles. The second kappa shape index (κ2) is 12.1. The topological polar surface area (TPSA) is 113 Å². The number of non-ortho nitro benzene ring substituents is 1. The van der Waals surface area contributed by atoms with Crippen LogP contribution >= 0.6 is 11.3 Å². The van der Waals surface area contributed by atoms with Gasteiger partial charge in [-0.05, 0) is 71.7 Å². The zero-order chi connectivity index (χ0) is 30.8. The molecule has 220 valence electrons. The zero-order valence-corrected chi connectivity index (χ0v) is 24.7. The molecule has 1 aliphatic rings. The van der Waals surface area contributed by atoms with Crippen molar-refractivity contribution in [2.75, 3.05) is 6.61 Å². The molecule has 1 aromatic heterocycles. The van der Waals surface area contributed by atoms with Crippen molar-refractivity contribution in [2.24, 2.45) is 4.99 Å².